The summed E-state index contributed by atoms with van der Waals surface area (Å²) < 4.78 is 50.7. The molecule has 1 saturated heterocycles. The molecule has 1 atom stereocenters. The van der Waals surface area contributed by atoms with Crippen LogP contribution in [0.2, 0.25) is 0 Å². The minimum Gasteiger partial charge on any atom is -0.462 e. The summed E-state index contributed by atoms with van der Waals surface area (Å²) >= 11 is 1.11. The van der Waals surface area contributed by atoms with Gasteiger partial charge < -0.3 is 28.5 Å². The third-order valence-electron chi connectivity index (χ3n) is 6.25. The Kier molecular flexibility index (Phi) is 6.73. The lowest BCUT2D eigenvalue weighted by atomic mass is 10.0. The normalized spacial score (nSPS) is 16.7. The van der Waals surface area contributed by atoms with Gasteiger partial charge in [-0.2, -0.15) is 0 Å². The number of nitrogens with zero attached hydrogens (tertiary/aromatic N) is 3. The molecule has 3 aromatic rings. The molecule has 2 aliphatic heterocycles. The van der Waals surface area contributed by atoms with Crippen LogP contribution in [0.1, 0.15) is 29.9 Å². The highest BCUT2D eigenvalue weighted by Crippen LogP contribution is 2.43. The van der Waals surface area contributed by atoms with Crippen molar-refractivity contribution in [2.45, 2.75) is 26.5 Å². The van der Waals surface area contributed by atoms with E-state index >= 15 is 4.39 Å². The molecule has 2 aromatic heterocycles. The molecule has 1 unspecified atom stereocenters. The molecule has 15 heteroatoms. The number of alkyl halides is 1. The van der Waals surface area contributed by atoms with Gasteiger partial charge in [0.15, 0.2) is 0 Å². The summed E-state index contributed by atoms with van der Waals surface area (Å²) in [5, 5.41) is 1.68. The summed E-state index contributed by atoms with van der Waals surface area (Å²) in [4.78, 5) is 53.3. The molecule has 1 fully saturated rings. The maximum atomic E-state index is 15.7. The van der Waals surface area contributed by atoms with E-state index in [1.807, 2.05) is 0 Å². The van der Waals surface area contributed by atoms with Crippen molar-refractivity contribution < 1.29 is 41.9 Å². The standard InChI is InChI=1S/C23H22BF2N3O8S/c1-11(30)35-24(36-12(2)31)37-23(33)17-21(32)15-6-16(26)19(28-4-5-34-14(7-25)9-28)20-18(15)29-13(8-27(20)3)10-38-22(17)29/h6,10,14H,4-5,7-9H2,1-3H3. The summed E-state index contributed by atoms with van der Waals surface area (Å²) in [7, 11) is -0.252. The molecule has 11 nitrogen and oxygen atoms in total. The van der Waals surface area contributed by atoms with Crippen LogP contribution < -0.4 is 15.2 Å². The van der Waals surface area contributed by atoms with E-state index in [-0.39, 0.29) is 29.1 Å². The number of aromatic nitrogens is 1. The molecule has 0 aliphatic carbocycles. The summed E-state index contributed by atoms with van der Waals surface area (Å²) in [5.74, 6) is -3.71. The molecule has 200 valence electrons. The van der Waals surface area contributed by atoms with Crippen molar-refractivity contribution in [3.8, 4) is 0 Å². The van der Waals surface area contributed by atoms with Crippen molar-refractivity contribution in [2.24, 2.45) is 0 Å². The Labute approximate surface area is 218 Å². The van der Waals surface area contributed by atoms with Gasteiger partial charge in [0.1, 0.15) is 29.0 Å². The number of hydrogen-bond acceptors (Lipinski definition) is 11. The summed E-state index contributed by atoms with van der Waals surface area (Å²) in [6, 6.07) is 1.05. The number of morpholine rings is 1. The van der Waals surface area contributed by atoms with Gasteiger partial charge in [-0.1, -0.05) is 0 Å². The number of hydrogen-bond donors (Lipinski definition) is 0. The lowest BCUT2D eigenvalue weighted by Gasteiger charge is -2.38. The van der Waals surface area contributed by atoms with E-state index < -0.39 is 54.8 Å². The molecule has 0 saturated carbocycles. The zero-order valence-electron chi connectivity index (χ0n) is 20.6. The Hall–Kier alpha value is -3.72. The van der Waals surface area contributed by atoms with Gasteiger partial charge in [0.2, 0.25) is 5.43 Å². The zero-order chi connectivity index (χ0) is 27.3. The van der Waals surface area contributed by atoms with E-state index in [9.17, 15) is 23.6 Å². The Bertz CT molecular complexity index is 1530. The number of anilines is 2. The first-order valence-corrected chi connectivity index (χ1v) is 12.5. The Balaban J connectivity index is 1.69. The third-order valence-corrected chi connectivity index (χ3v) is 7.25. The monoisotopic (exact) mass is 549 g/mol. The number of carbonyl (C=O) groups excluding carboxylic acids is 3. The van der Waals surface area contributed by atoms with Crippen molar-refractivity contribution in [3.05, 3.63) is 38.7 Å². The second kappa shape index (κ2) is 9.87. The smallest absolute Gasteiger partial charge is 0.462 e. The number of ether oxygens (including phenoxy) is 1. The van der Waals surface area contributed by atoms with Gasteiger partial charge in [0, 0.05) is 39.4 Å². The molecule has 0 radical (unpaired) electrons. The zero-order valence-corrected chi connectivity index (χ0v) is 21.4. The average molecular weight is 549 g/mol. The Morgan fingerprint density at radius 2 is 1.89 bits per heavy atom. The molecular formula is C23H22BF2N3O8S. The first-order valence-electron chi connectivity index (χ1n) is 11.6. The first kappa shape index (κ1) is 25.9. The lowest BCUT2D eigenvalue weighted by molar-refractivity contribution is -0.139. The van der Waals surface area contributed by atoms with Crippen molar-refractivity contribution in [2.75, 3.05) is 43.2 Å². The van der Waals surface area contributed by atoms with Gasteiger partial charge in [-0.3, -0.25) is 18.8 Å². The second-order valence-electron chi connectivity index (χ2n) is 8.89. The van der Waals surface area contributed by atoms with E-state index in [0.29, 0.717) is 24.3 Å². The highest BCUT2D eigenvalue weighted by Gasteiger charge is 2.38. The molecule has 38 heavy (non-hydrogen) atoms. The topological polar surface area (TPSA) is 116 Å². The van der Waals surface area contributed by atoms with Crippen LogP contribution in [0.15, 0.2) is 16.2 Å². The minimum atomic E-state index is -2.01. The van der Waals surface area contributed by atoms with Crippen LogP contribution in [-0.2, 0) is 34.8 Å². The Morgan fingerprint density at radius 1 is 1.18 bits per heavy atom. The first-order chi connectivity index (χ1) is 18.1. The molecule has 5 rings (SSSR count). The summed E-state index contributed by atoms with van der Waals surface area (Å²) in [6.45, 7) is 2.32. The van der Waals surface area contributed by atoms with Crippen LogP contribution in [0.4, 0.5) is 20.2 Å². The summed E-state index contributed by atoms with van der Waals surface area (Å²) in [6.07, 6.45) is -0.709. The molecule has 0 bridgehead atoms. The SMILES string of the molecule is CC(=O)OB(OC(C)=O)OC(=O)c1c(=O)c2cc(F)c(N3CCOC(CF)C3)c3c2n2c(csc12)CN3C. The largest absolute Gasteiger partial charge is 0.870 e. The van der Waals surface area contributed by atoms with Gasteiger partial charge in [-0.25, -0.2) is 13.6 Å². The molecule has 1 aromatic carbocycles. The third kappa shape index (κ3) is 4.34. The highest BCUT2D eigenvalue weighted by molar-refractivity contribution is 7.16. The lowest BCUT2D eigenvalue weighted by Crippen LogP contribution is -2.44. The Morgan fingerprint density at radius 3 is 2.55 bits per heavy atom. The molecule has 2 aliphatic rings. The predicted molar refractivity (Wildman–Crippen MR) is 134 cm³/mol. The van der Waals surface area contributed by atoms with Gasteiger partial charge in [0.05, 0.1) is 41.1 Å². The van der Waals surface area contributed by atoms with Crippen LogP contribution in [0.5, 0.6) is 0 Å². The number of thiazole rings is 1. The van der Waals surface area contributed by atoms with Gasteiger partial charge in [-0.15, -0.1) is 11.3 Å². The molecular weight excluding hydrogens is 527 g/mol. The predicted octanol–water partition coefficient (Wildman–Crippen LogP) is 2.05. The second-order valence-corrected chi connectivity index (χ2v) is 9.74. The van der Waals surface area contributed by atoms with Crippen molar-refractivity contribution >= 4 is 63.7 Å². The fourth-order valence-electron chi connectivity index (χ4n) is 4.80. The fourth-order valence-corrected chi connectivity index (χ4v) is 5.84. The van der Waals surface area contributed by atoms with Gasteiger partial charge in [-0.05, 0) is 6.07 Å². The highest BCUT2D eigenvalue weighted by atomic mass is 32.1. The van der Waals surface area contributed by atoms with Crippen LogP contribution in [0, 0.1) is 5.82 Å². The van der Waals surface area contributed by atoms with Crippen molar-refractivity contribution in [1.82, 2.24) is 4.40 Å². The van der Waals surface area contributed by atoms with E-state index in [0.717, 1.165) is 36.9 Å². The van der Waals surface area contributed by atoms with E-state index in [1.54, 1.807) is 26.6 Å². The molecule has 0 amide bonds. The number of benzene rings is 1. The molecule has 0 N–H and O–H groups in total. The fraction of sp³-hybridized carbons (Fsp3) is 0.391. The summed E-state index contributed by atoms with van der Waals surface area (Å²) in [5.41, 5.74) is 0.527. The van der Waals surface area contributed by atoms with Crippen LogP contribution in [-0.4, -0.2) is 69.2 Å². The van der Waals surface area contributed by atoms with Gasteiger partial charge >= 0.3 is 13.3 Å². The maximum Gasteiger partial charge on any atom is 0.870 e. The molecule has 0 spiro atoms. The van der Waals surface area contributed by atoms with Crippen LogP contribution >= 0.6 is 11.3 Å². The van der Waals surface area contributed by atoms with E-state index in [4.69, 9.17) is 18.7 Å². The average Bonchev–Trinajstić information content (AvgIpc) is 3.26. The number of halogens is 2. The number of pyridine rings is 1. The quantitative estimate of drug-likeness (QED) is 0.423. The maximum absolute atomic E-state index is 15.7. The molecule has 4 heterocycles. The van der Waals surface area contributed by atoms with Crippen LogP contribution in [0.3, 0.4) is 0 Å². The van der Waals surface area contributed by atoms with Crippen molar-refractivity contribution in [1.29, 1.82) is 0 Å². The van der Waals surface area contributed by atoms with Crippen molar-refractivity contribution in [3.63, 3.8) is 0 Å². The van der Waals surface area contributed by atoms with E-state index in [2.05, 4.69) is 0 Å². The van der Waals surface area contributed by atoms with Gasteiger partial charge in [0.25, 0.3) is 11.9 Å². The van der Waals surface area contributed by atoms with E-state index in [1.165, 1.54) is 0 Å². The number of carbonyl (C=O) groups is 3. The minimum absolute atomic E-state index is 0.0799. The van der Waals surface area contributed by atoms with Crippen LogP contribution in [0.25, 0.3) is 15.7 Å². The number of rotatable bonds is 6.